The Hall–Kier alpha value is -2.38. The number of para-hydroxylation sites is 1. The van der Waals surface area contributed by atoms with Crippen LogP contribution < -0.4 is 4.74 Å². The van der Waals surface area contributed by atoms with Crippen LogP contribution in [0.1, 0.15) is 5.56 Å². The van der Waals surface area contributed by atoms with Gasteiger partial charge in [0.15, 0.2) is 6.61 Å². The van der Waals surface area contributed by atoms with Crippen LogP contribution in [0.2, 0.25) is 0 Å². The monoisotopic (exact) mass is 374 g/mol. The molecule has 1 amide bonds. The summed E-state index contributed by atoms with van der Waals surface area (Å²) in [5, 5.41) is 0. The van der Waals surface area contributed by atoms with Crippen molar-refractivity contribution in [3.8, 4) is 5.75 Å². The number of carbonyl (C=O) groups excluding carboxylic acids is 1. The normalized spacial score (nSPS) is 15.6. The molecule has 2 aromatic carbocycles. The molecule has 0 aliphatic carbocycles. The minimum Gasteiger partial charge on any atom is -0.484 e. The van der Waals surface area contributed by atoms with Gasteiger partial charge in [0.05, 0.1) is 5.75 Å². The van der Waals surface area contributed by atoms with Crippen molar-refractivity contribution in [2.75, 3.05) is 32.8 Å². The van der Waals surface area contributed by atoms with Crippen LogP contribution in [0.25, 0.3) is 0 Å². The molecular formula is C19H22N2O4S. The predicted molar refractivity (Wildman–Crippen MR) is 99.2 cm³/mol. The lowest BCUT2D eigenvalue weighted by atomic mass is 10.2. The van der Waals surface area contributed by atoms with Crippen molar-refractivity contribution in [2.45, 2.75) is 5.75 Å². The Morgan fingerprint density at radius 3 is 2.08 bits per heavy atom. The summed E-state index contributed by atoms with van der Waals surface area (Å²) >= 11 is 0. The first kappa shape index (κ1) is 18.4. The van der Waals surface area contributed by atoms with Gasteiger partial charge in [0.25, 0.3) is 5.91 Å². The van der Waals surface area contributed by atoms with Crippen LogP contribution >= 0.6 is 0 Å². The molecule has 1 saturated heterocycles. The number of hydrogen-bond donors (Lipinski definition) is 0. The van der Waals surface area contributed by atoms with Gasteiger partial charge in [-0.15, -0.1) is 0 Å². The van der Waals surface area contributed by atoms with Gasteiger partial charge in [0, 0.05) is 26.2 Å². The van der Waals surface area contributed by atoms with Gasteiger partial charge in [-0.1, -0.05) is 48.5 Å². The van der Waals surface area contributed by atoms with Gasteiger partial charge in [0.1, 0.15) is 5.75 Å². The summed E-state index contributed by atoms with van der Waals surface area (Å²) in [6.07, 6.45) is 0. The smallest absolute Gasteiger partial charge is 0.260 e. The van der Waals surface area contributed by atoms with Crippen molar-refractivity contribution < 1.29 is 17.9 Å². The van der Waals surface area contributed by atoms with Gasteiger partial charge in [0.2, 0.25) is 10.0 Å². The van der Waals surface area contributed by atoms with Crippen LogP contribution in [-0.2, 0) is 20.6 Å². The van der Waals surface area contributed by atoms with Gasteiger partial charge in [-0.3, -0.25) is 4.79 Å². The first-order valence-corrected chi connectivity index (χ1v) is 10.1. The lowest BCUT2D eigenvalue weighted by molar-refractivity contribution is -0.134. The van der Waals surface area contributed by atoms with Gasteiger partial charge >= 0.3 is 0 Å². The summed E-state index contributed by atoms with van der Waals surface area (Å²) in [5.74, 6) is 0.498. The SMILES string of the molecule is O=C(COc1ccccc1)N1CCN(S(=O)(=O)Cc2ccccc2)CC1. The van der Waals surface area contributed by atoms with E-state index in [4.69, 9.17) is 4.74 Å². The second kappa shape index (κ2) is 8.33. The molecule has 2 aromatic rings. The predicted octanol–water partition coefficient (Wildman–Crippen LogP) is 1.74. The standard InChI is InChI=1S/C19H22N2O4S/c22-19(15-25-18-9-5-2-6-10-18)20-11-13-21(14-12-20)26(23,24)16-17-7-3-1-4-8-17/h1-10H,11-16H2. The number of hydrogen-bond acceptors (Lipinski definition) is 4. The van der Waals surface area contributed by atoms with Gasteiger partial charge < -0.3 is 9.64 Å². The maximum atomic E-state index is 12.5. The Morgan fingerprint density at radius 1 is 0.885 bits per heavy atom. The third-order valence-corrected chi connectivity index (χ3v) is 6.13. The molecule has 0 unspecified atom stereocenters. The van der Waals surface area contributed by atoms with E-state index < -0.39 is 10.0 Å². The van der Waals surface area contributed by atoms with E-state index in [0.29, 0.717) is 31.9 Å². The van der Waals surface area contributed by atoms with Crippen molar-refractivity contribution >= 4 is 15.9 Å². The quantitative estimate of drug-likeness (QED) is 0.772. The minimum absolute atomic E-state index is 0.0150. The highest BCUT2D eigenvalue weighted by Crippen LogP contribution is 2.14. The highest BCUT2D eigenvalue weighted by molar-refractivity contribution is 7.88. The van der Waals surface area contributed by atoms with Gasteiger partial charge in [-0.05, 0) is 17.7 Å². The molecule has 6 nitrogen and oxygen atoms in total. The van der Waals surface area contributed by atoms with Gasteiger partial charge in [-0.25, -0.2) is 8.42 Å². The molecule has 138 valence electrons. The van der Waals surface area contributed by atoms with Gasteiger partial charge in [-0.2, -0.15) is 4.31 Å². The summed E-state index contributed by atoms with van der Waals surface area (Å²) < 4.78 is 32.0. The molecular weight excluding hydrogens is 352 g/mol. The number of nitrogens with zero attached hydrogens (tertiary/aromatic N) is 2. The summed E-state index contributed by atoms with van der Waals surface area (Å²) in [7, 11) is -3.38. The fourth-order valence-electron chi connectivity index (χ4n) is 2.84. The molecule has 0 N–H and O–H groups in total. The Labute approximate surface area is 154 Å². The first-order valence-electron chi connectivity index (χ1n) is 8.52. The summed E-state index contributed by atoms with van der Waals surface area (Å²) in [6.45, 7) is 1.34. The minimum atomic E-state index is -3.38. The van der Waals surface area contributed by atoms with E-state index in [0.717, 1.165) is 5.56 Å². The highest BCUT2D eigenvalue weighted by Gasteiger charge is 2.29. The zero-order valence-electron chi connectivity index (χ0n) is 14.5. The fraction of sp³-hybridized carbons (Fsp3) is 0.316. The van der Waals surface area contributed by atoms with Crippen molar-refractivity contribution in [1.29, 1.82) is 0 Å². The second-order valence-corrected chi connectivity index (χ2v) is 8.09. The third-order valence-electron chi connectivity index (χ3n) is 4.28. The molecule has 3 rings (SSSR count). The van der Waals surface area contributed by atoms with Crippen LogP contribution in [0, 0.1) is 0 Å². The Bertz CT molecular complexity index is 817. The van der Waals surface area contributed by atoms with E-state index in [2.05, 4.69) is 0 Å². The summed E-state index contributed by atoms with van der Waals surface area (Å²) in [4.78, 5) is 13.9. The maximum absolute atomic E-state index is 12.5. The molecule has 7 heteroatoms. The molecule has 0 aromatic heterocycles. The maximum Gasteiger partial charge on any atom is 0.260 e. The van der Waals surface area contributed by atoms with E-state index in [9.17, 15) is 13.2 Å². The molecule has 0 saturated carbocycles. The zero-order valence-corrected chi connectivity index (χ0v) is 15.3. The number of piperazine rings is 1. The average molecular weight is 374 g/mol. The van der Waals surface area contributed by atoms with Crippen molar-refractivity contribution in [3.63, 3.8) is 0 Å². The molecule has 1 heterocycles. The van der Waals surface area contributed by atoms with Crippen LogP contribution in [-0.4, -0.2) is 56.3 Å². The lowest BCUT2D eigenvalue weighted by Crippen LogP contribution is -2.51. The topological polar surface area (TPSA) is 66.9 Å². The number of rotatable bonds is 6. The number of sulfonamides is 1. The molecule has 0 atom stereocenters. The molecule has 1 aliphatic heterocycles. The molecule has 1 fully saturated rings. The Kier molecular flexibility index (Phi) is 5.90. The number of ether oxygens (including phenoxy) is 1. The van der Waals surface area contributed by atoms with Crippen LogP contribution in [0.3, 0.4) is 0 Å². The third kappa shape index (κ3) is 4.83. The molecule has 0 radical (unpaired) electrons. The van der Waals surface area contributed by atoms with E-state index in [1.807, 2.05) is 36.4 Å². The Morgan fingerprint density at radius 2 is 1.46 bits per heavy atom. The van der Waals surface area contributed by atoms with E-state index in [1.165, 1.54) is 4.31 Å². The highest BCUT2D eigenvalue weighted by atomic mass is 32.2. The number of benzene rings is 2. The summed E-state index contributed by atoms with van der Waals surface area (Å²) in [5.41, 5.74) is 0.766. The van der Waals surface area contributed by atoms with Crippen LogP contribution in [0.15, 0.2) is 60.7 Å². The van der Waals surface area contributed by atoms with Crippen molar-refractivity contribution in [3.05, 3.63) is 66.2 Å². The number of amides is 1. The van der Waals surface area contributed by atoms with Crippen LogP contribution in [0.5, 0.6) is 5.75 Å². The summed E-state index contributed by atoms with van der Waals surface area (Å²) in [6, 6.07) is 18.3. The molecule has 0 bridgehead atoms. The molecule has 26 heavy (non-hydrogen) atoms. The number of carbonyl (C=O) groups is 1. The average Bonchev–Trinajstić information content (AvgIpc) is 2.67. The van der Waals surface area contributed by atoms with E-state index in [-0.39, 0.29) is 18.3 Å². The van der Waals surface area contributed by atoms with E-state index in [1.54, 1.807) is 29.2 Å². The van der Waals surface area contributed by atoms with E-state index >= 15 is 0 Å². The zero-order chi connectivity index (χ0) is 18.4. The lowest BCUT2D eigenvalue weighted by Gasteiger charge is -2.34. The van der Waals surface area contributed by atoms with Crippen molar-refractivity contribution in [2.24, 2.45) is 0 Å². The molecule has 0 spiro atoms. The largest absolute Gasteiger partial charge is 0.484 e. The van der Waals surface area contributed by atoms with Crippen molar-refractivity contribution in [1.82, 2.24) is 9.21 Å². The second-order valence-electron chi connectivity index (χ2n) is 6.12. The molecule has 1 aliphatic rings. The fourth-order valence-corrected chi connectivity index (χ4v) is 4.36. The van der Waals surface area contributed by atoms with Crippen LogP contribution in [0.4, 0.5) is 0 Å². The Balaban J connectivity index is 1.49. The first-order chi connectivity index (χ1) is 12.5.